The van der Waals surface area contributed by atoms with Crippen LogP contribution in [0, 0.1) is 0 Å². The van der Waals surface area contributed by atoms with E-state index >= 15 is 0 Å². The number of hydrogen-bond acceptors (Lipinski definition) is 3. The maximum atomic E-state index is 10.7. The maximum Gasteiger partial charge on any atom is 0.150 e. The number of nitrogens with zero attached hydrogens (tertiary/aromatic N) is 1. The van der Waals surface area contributed by atoms with E-state index in [4.69, 9.17) is 0 Å². The van der Waals surface area contributed by atoms with Gasteiger partial charge in [-0.3, -0.25) is 4.79 Å². The second-order valence-electron chi connectivity index (χ2n) is 3.96. The minimum absolute atomic E-state index is 0.673. The molecule has 1 aliphatic heterocycles. The minimum Gasteiger partial charge on any atom is -0.369 e. The zero-order chi connectivity index (χ0) is 11.5. The van der Waals surface area contributed by atoms with Gasteiger partial charge in [0.2, 0.25) is 0 Å². The molecule has 0 bridgehead atoms. The molecule has 1 aromatic carbocycles. The molecule has 1 heterocycles. The summed E-state index contributed by atoms with van der Waals surface area (Å²) in [5.74, 6) is 1.17. The molecule has 1 saturated heterocycles. The third kappa shape index (κ3) is 2.61. The molecule has 1 aromatic rings. The lowest BCUT2D eigenvalue weighted by atomic mass is 10.2. The molecule has 16 heavy (non-hydrogen) atoms. The van der Waals surface area contributed by atoms with Gasteiger partial charge in [0, 0.05) is 34.1 Å². The maximum absolute atomic E-state index is 10.7. The van der Waals surface area contributed by atoms with Crippen LogP contribution in [0.3, 0.4) is 0 Å². The summed E-state index contributed by atoms with van der Waals surface area (Å²) < 4.78 is 1.01. The normalized spacial score (nSPS) is 20.9. The Hall–Kier alpha value is -0.480. The monoisotopic (exact) mass is 299 g/mol. The van der Waals surface area contributed by atoms with Gasteiger partial charge in [0.1, 0.15) is 6.29 Å². The molecule has 0 aromatic heterocycles. The first-order chi connectivity index (χ1) is 7.70. The number of benzene rings is 1. The fourth-order valence-corrected chi connectivity index (χ4v) is 3.55. The van der Waals surface area contributed by atoms with Crippen LogP contribution >= 0.6 is 27.7 Å². The molecule has 4 heteroatoms. The number of thioether (sulfide) groups is 1. The third-order valence-corrected chi connectivity index (χ3v) is 4.46. The summed E-state index contributed by atoms with van der Waals surface area (Å²) in [5.41, 5.74) is 1.91. The average Bonchev–Trinajstić information content (AvgIpc) is 2.28. The van der Waals surface area contributed by atoms with E-state index in [1.807, 2.05) is 30.0 Å². The zero-order valence-corrected chi connectivity index (χ0v) is 11.6. The molecule has 1 unspecified atom stereocenters. The van der Waals surface area contributed by atoms with E-state index in [9.17, 15) is 4.79 Å². The summed E-state index contributed by atoms with van der Waals surface area (Å²) in [6.45, 7) is 4.41. The van der Waals surface area contributed by atoms with Gasteiger partial charge in [-0.25, -0.2) is 0 Å². The number of hydrogen-bond donors (Lipinski definition) is 0. The van der Waals surface area contributed by atoms with Crippen molar-refractivity contribution >= 4 is 39.7 Å². The number of rotatable bonds is 2. The molecule has 1 aliphatic rings. The number of aldehydes is 1. The predicted molar refractivity (Wildman–Crippen MR) is 73.7 cm³/mol. The van der Waals surface area contributed by atoms with Crippen LogP contribution in [0.5, 0.6) is 0 Å². The Labute approximate surface area is 109 Å². The number of carbonyl (C=O) groups excluding carboxylic acids is 1. The zero-order valence-electron chi connectivity index (χ0n) is 9.15. The first-order valence-electron chi connectivity index (χ1n) is 5.32. The first kappa shape index (κ1) is 12.0. The Balaban J connectivity index is 2.22. The van der Waals surface area contributed by atoms with E-state index in [0.717, 1.165) is 29.4 Å². The van der Waals surface area contributed by atoms with E-state index in [2.05, 4.69) is 27.8 Å². The molecular weight excluding hydrogens is 286 g/mol. The average molecular weight is 300 g/mol. The lowest BCUT2D eigenvalue weighted by Crippen LogP contribution is -2.36. The number of carbonyl (C=O) groups is 1. The number of halogens is 1. The molecular formula is C12H14BrNOS. The quantitative estimate of drug-likeness (QED) is 0.782. The Morgan fingerprint density at radius 2 is 2.38 bits per heavy atom. The topological polar surface area (TPSA) is 20.3 Å². The van der Waals surface area contributed by atoms with Crippen LogP contribution in [0.2, 0.25) is 0 Å². The molecule has 2 nitrogen and oxygen atoms in total. The van der Waals surface area contributed by atoms with Crippen LogP contribution in [0.4, 0.5) is 5.69 Å². The van der Waals surface area contributed by atoms with Gasteiger partial charge in [0.15, 0.2) is 0 Å². The molecule has 0 saturated carbocycles. The van der Waals surface area contributed by atoms with Gasteiger partial charge >= 0.3 is 0 Å². The second-order valence-corrected chi connectivity index (χ2v) is 6.36. The van der Waals surface area contributed by atoms with Crippen LogP contribution in [-0.4, -0.2) is 30.4 Å². The Morgan fingerprint density at radius 3 is 3.00 bits per heavy atom. The van der Waals surface area contributed by atoms with Crippen molar-refractivity contribution in [2.45, 2.75) is 12.2 Å². The van der Waals surface area contributed by atoms with E-state index < -0.39 is 0 Å². The van der Waals surface area contributed by atoms with Crippen LogP contribution in [0.15, 0.2) is 22.7 Å². The SMILES string of the molecule is CC1CN(c2ccc(C=O)cc2Br)CCS1. The fourth-order valence-electron chi connectivity index (χ4n) is 1.89. The van der Waals surface area contributed by atoms with Crippen molar-refractivity contribution in [3.8, 4) is 0 Å². The molecule has 0 amide bonds. The van der Waals surface area contributed by atoms with Crippen molar-refractivity contribution < 1.29 is 4.79 Å². The smallest absolute Gasteiger partial charge is 0.150 e. The Kier molecular flexibility index (Phi) is 3.92. The van der Waals surface area contributed by atoms with Gasteiger partial charge in [0.25, 0.3) is 0 Å². The largest absolute Gasteiger partial charge is 0.369 e. The third-order valence-electron chi connectivity index (χ3n) is 2.69. The molecule has 1 fully saturated rings. The summed E-state index contributed by atoms with van der Waals surface area (Å²) in [5, 5.41) is 0.673. The molecule has 1 atom stereocenters. The van der Waals surface area contributed by atoms with Gasteiger partial charge in [-0.15, -0.1) is 0 Å². The highest BCUT2D eigenvalue weighted by molar-refractivity contribution is 9.10. The van der Waals surface area contributed by atoms with Gasteiger partial charge in [-0.2, -0.15) is 11.8 Å². The molecule has 0 spiro atoms. The highest BCUT2D eigenvalue weighted by atomic mass is 79.9. The highest BCUT2D eigenvalue weighted by Crippen LogP contribution is 2.30. The number of anilines is 1. The highest BCUT2D eigenvalue weighted by Gasteiger charge is 2.18. The van der Waals surface area contributed by atoms with Crippen LogP contribution < -0.4 is 4.90 Å². The summed E-state index contributed by atoms with van der Waals surface area (Å²) >= 11 is 5.55. The van der Waals surface area contributed by atoms with Crippen molar-refractivity contribution in [1.82, 2.24) is 0 Å². The molecule has 0 aliphatic carbocycles. The summed E-state index contributed by atoms with van der Waals surface area (Å²) in [7, 11) is 0. The van der Waals surface area contributed by atoms with E-state index in [-0.39, 0.29) is 0 Å². The van der Waals surface area contributed by atoms with E-state index in [1.54, 1.807) is 0 Å². The lowest BCUT2D eigenvalue weighted by Gasteiger charge is -2.33. The van der Waals surface area contributed by atoms with Gasteiger partial charge in [-0.1, -0.05) is 6.92 Å². The van der Waals surface area contributed by atoms with Crippen molar-refractivity contribution in [3.63, 3.8) is 0 Å². The molecule has 0 radical (unpaired) electrons. The van der Waals surface area contributed by atoms with Crippen molar-refractivity contribution in [2.75, 3.05) is 23.7 Å². The van der Waals surface area contributed by atoms with Gasteiger partial charge < -0.3 is 4.90 Å². The van der Waals surface area contributed by atoms with Crippen LogP contribution in [0.1, 0.15) is 17.3 Å². The van der Waals surface area contributed by atoms with Gasteiger partial charge in [0.05, 0.1) is 5.69 Å². The predicted octanol–water partition coefficient (Wildman–Crippen LogP) is 3.20. The standard InChI is InChI=1S/C12H14BrNOS/c1-9-7-14(4-5-16-9)12-3-2-10(8-15)6-11(12)13/h2-3,6,8-9H,4-5,7H2,1H3. The van der Waals surface area contributed by atoms with E-state index in [1.165, 1.54) is 11.4 Å². The second kappa shape index (κ2) is 5.23. The molecule has 2 rings (SSSR count). The molecule has 0 N–H and O–H groups in total. The van der Waals surface area contributed by atoms with Crippen molar-refractivity contribution in [2.24, 2.45) is 0 Å². The van der Waals surface area contributed by atoms with Gasteiger partial charge in [-0.05, 0) is 34.1 Å². The lowest BCUT2D eigenvalue weighted by molar-refractivity contribution is 0.112. The Bertz CT molecular complexity index is 397. The van der Waals surface area contributed by atoms with Crippen molar-refractivity contribution in [1.29, 1.82) is 0 Å². The summed E-state index contributed by atoms with van der Waals surface area (Å²) in [6.07, 6.45) is 0.878. The van der Waals surface area contributed by atoms with Crippen molar-refractivity contribution in [3.05, 3.63) is 28.2 Å². The van der Waals surface area contributed by atoms with Crippen LogP contribution in [0.25, 0.3) is 0 Å². The van der Waals surface area contributed by atoms with E-state index in [0.29, 0.717) is 5.25 Å². The Morgan fingerprint density at radius 1 is 1.56 bits per heavy atom. The molecule has 86 valence electrons. The minimum atomic E-state index is 0.673. The first-order valence-corrected chi connectivity index (χ1v) is 7.16. The fraction of sp³-hybridized carbons (Fsp3) is 0.417. The van der Waals surface area contributed by atoms with Crippen LogP contribution in [-0.2, 0) is 0 Å². The summed E-state index contributed by atoms with van der Waals surface area (Å²) in [6, 6.07) is 5.78. The summed E-state index contributed by atoms with van der Waals surface area (Å²) in [4.78, 5) is 13.0.